The lowest BCUT2D eigenvalue weighted by molar-refractivity contribution is -0.122. The Kier molecular flexibility index (Phi) is 6.61. The Balaban J connectivity index is 1.80. The molecule has 7 heteroatoms. The molecule has 29 heavy (non-hydrogen) atoms. The lowest BCUT2D eigenvalue weighted by Crippen LogP contribution is -2.30. The second kappa shape index (κ2) is 9.34. The molecule has 1 atom stereocenters. The highest BCUT2D eigenvalue weighted by atomic mass is 32.1. The number of nitrogens with one attached hydrogen (secondary N) is 1. The van der Waals surface area contributed by atoms with Crippen LogP contribution in [-0.4, -0.2) is 24.6 Å². The van der Waals surface area contributed by atoms with Gasteiger partial charge in [-0.15, -0.1) is 11.3 Å². The first-order valence-electron chi connectivity index (χ1n) is 9.07. The highest BCUT2D eigenvalue weighted by molar-refractivity contribution is 7.20. The predicted octanol–water partition coefficient (Wildman–Crippen LogP) is 5.14. The number of halogens is 1. The number of carbonyl (C=O) groups excluding carboxylic acids is 2. The van der Waals surface area contributed by atoms with Crippen LogP contribution in [0.15, 0.2) is 60.7 Å². The van der Waals surface area contributed by atoms with Crippen molar-refractivity contribution in [3.63, 3.8) is 0 Å². The molecule has 3 rings (SSSR count). The van der Waals surface area contributed by atoms with Crippen molar-refractivity contribution < 1.29 is 23.5 Å². The van der Waals surface area contributed by atoms with Crippen LogP contribution in [-0.2, 0) is 9.53 Å². The van der Waals surface area contributed by atoms with Crippen LogP contribution in [0.5, 0.6) is 5.75 Å². The summed E-state index contributed by atoms with van der Waals surface area (Å²) in [6, 6.07) is 16.7. The van der Waals surface area contributed by atoms with Crippen LogP contribution >= 0.6 is 11.3 Å². The van der Waals surface area contributed by atoms with E-state index < -0.39 is 18.0 Å². The van der Waals surface area contributed by atoms with Gasteiger partial charge in [0.2, 0.25) is 0 Å². The Morgan fingerprint density at radius 3 is 2.45 bits per heavy atom. The van der Waals surface area contributed by atoms with Crippen LogP contribution < -0.4 is 10.1 Å². The summed E-state index contributed by atoms with van der Waals surface area (Å²) in [6.07, 6.45) is -0.849. The summed E-state index contributed by atoms with van der Waals surface area (Å²) in [5.41, 5.74) is 1.22. The van der Waals surface area contributed by atoms with Crippen LogP contribution in [0.1, 0.15) is 24.2 Å². The molecule has 0 aliphatic heterocycles. The van der Waals surface area contributed by atoms with Crippen LogP contribution in [0.3, 0.4) is 0 Å². The van der Waals surface area contributed by atoms with Gasteiger partial charge in [-0.25, -0.2) is 9.18 Å². The monoisotopic (exact) mass is 413 g/mol. The number of ether oxygens (including phenoxy) is 2. The number of hydrogen-bond acceptors (Lipinski definition) is 5. The molecule has 2 aromatic carbocycles. The summed E-state index contributed by atoms with van der Waals surface area (Å²) < 4.78 is 23.7. The molecule has 1 aromatic heterocycles. The first-order chi connectivity index (χ1) is 14.0. The summed E-state index contributed by atoms with van der Waals surface area (Å²) in [5, 5.41) is 3.14. The zero-order chi connectivity index (χ0) is 20.8. The Morgan fingerprint density at radius 2 is 1.79 bits per heavy atom. The third-order valence-electron chi connectivity index (χ3n) is 4.02. The fourth-order valence-electron chi connectivity index (χ4n) is 2.57. The van der Waals surface area contributed by atoms with Gasteiger partial charge in [-0.2, -0.15) is 0 Å². The Bertz CT molecular complexity index is 986. The third-order valence-corrected chi connectivity index (χ3v) is 5.12. The summed E-state index contributed by atoms with van der Waals surface area (Å²) >= 11 is 1.28. The van der Waals surface area contributed by atoms with Crippen molar-refractivity contribution in [3.8, 4) is 16.2 Å². The van der Waals surface area contributed by atoms with Crippen LogP contribution in [0, 0.1) is 5.82 Å². The van der Waals surface area contributed by atoms with E-state index in [2.05, 4.69) is 5.32 Å². The average Bonchev–Trinajstić information content (AvgIpc) is 3.14. The van der Waals surface area contributed by atoms with Gasteiger partial charge < -0.3 is 14.8 Å². The van der Waals surface area contributed by atoms with E-state index in [0.717, 1.165) is 10.4 Å². The van der Waals surface area contributed by atoms with Crippen LogP contribution in [0.4, 0.5) is 9.39 Å². The lowest BCUT2D eigenvalue weighted by Gasteiger charge is -2.14. The summed E-state index contributed by atoms with van der Waals surface area (Å²) in [4.78, 5) is 25.8. The van der Waals surface area contributed by atoms with E-state index in [-0.39, 0.29) is 18.0 Å². The number of anilines is 1. The number of amides is 1. The molecule has 0 radical (unpaired) electrons. The lowest BCUT2D eigenvalue weighted by atomic mass is 10.1. The fraction of sp³-hybridized carbons (Fsp3) is 0.182. The molecule has 0 aliphatic carbocycles. The Morgan fingerprint density at radius 1 is 1.10 bits per heavy atom. The van der Waals surface area contributed by atoms with E-state index in [1.165, 1.54) is 35.6 Å². The molecule has 1 N–H and O–H groups in total. The van der Waals surface area contributed by atoms with Crippen molar-refractivity contribution in [1.82, 2.24) is 0 Å². The SMILES string of the molecule is CCOC(=O)c1cc(-c2ccccc2)sc1NC(=O)[C@@H](C)Oc1ccc(F)cc1. The number of carbonyl (C=O) groups is 2. The molecule has 0 saturated carbocycles. The molecule has 0 bridgehead atoms. The van der Waals surface area contributed by atoms with Gasteiger partial charge >= 0.3 is 5.97 Å². The predicted molar refractivity (Wildman–Crippen MR) is 111 cm³/mol. The van der Waals surface area contributed by atoms with Gasteiger partial charge in [0, 0.05) is 4.88 Å². The van der Waals surface area contributed by atoms with Crippen LogP contribution in [0.2, 0.25) is 0 Å². The quantitative estimate of drug-likeness (QED) is 0.545. The molecule has 5 nitrogen and oxygen atoms in total. The molecule has 0 fully saturated rings. The smallest absolute Gasteiger partial charge is 0.341 e. The largest absolute Gasteiger partial charge is 0.481 e. The standard InChI is InChI=1S/C22H20FNO4S/c1-3-27-22(26)18-13-19(15-7-5-4-6-8-15)29-21(18)24-20(25)14(2)28-17-11-9-16(23)10-12-17/h4-14H,3H2,1-2H3,(H,24,25)/t14-/m1/s1. The number of rotatable bonds is 7. The van der Waals surface area contributed by atoms with E-state index in [1.54, 1.807) is 19.9 Å². The molecule has 1 amide bonds. The highest BCUT2D eigenvalue weighted by Crippen LogP contribution is 2.36. The van der Waals surface area contributed by atoms with Gasteiger partial charge in [-0.05, 0) is 49.7 Å². The van der Waals surface area contributed by atoms with E-state index >= 15 is 0 Å². The fourth-order valence-corrected chi connectivity index (χ4v) is 3.63. The third kappa shape index (κ3) is 5.20. The minimum absolute atomic E-state index is 0.229. The molecule has 150 valence electrons. The normalized spacial score (nSPS) is 11.6. The van der Waals surface area contributed by atoms with Gasteiger partial charge in [0.05, 0.1) is 12.2 Å². The molecular formula is C22H20FNO4S. The van der Waals surface area contributed by atoms with Gasteiger partial charge in [0.15, 0.2) is 6.10 Å². The maximum atomic E-state index is 13.0. The minimum atomic E-state index is -0.849. The van der Waals surface area contributed by atoms with Crippen LogP contribution in [0.25, 0.3) is 10.4 Å². The van der Waals surface area contributed by atoms with Crippen molar-refractivity contribution in [1.29, 1.82) is 0 Å². The zero-order valence-electron chi connectivity index (χ0n) is 16.0. The molecule has 0 spiro atoms. The van der Waals surface area contributed by atoms with E-state index in [4.69, 9.17) is 9.47 Å². The molecule has 0 aliphatic rings. The van der Waals surface area contributed by atoms with Gasteiger partial charge in [-0.3, -0.25) is 4.79 Å². The van der Waals surface area contributed by atoms with Crippen molar-refractivity contribution in [2.75, 3.05) is 11.9 Å². The minimum Gasteiger partial charge on any atom is -0.481 e. The Hall–Kier alpha value is -3.19. The van der Waals surface area contributed by atoms with Crippen molar-refractivity contribution in [2.45, 2.75) is 20.0 Å². The van der Waals surface area contributed by atoms with E-state index in [1.807, 2.05) is 30.3 Å². The second-order valence-electron chi connectivity index (χ2n) is 6.14. The first kappa shape index (κ1) is 20.5. The average molecular weight is 413 g/mol. The summed E-state index contributed by atoms with van der Waals surface area (Å²) in [7, 11) is 0. The summed E-state index contributed by atoms with van der Waals surface area (Å²) in [5.74, 6) is -0.953. The molecule has 3 aromatic rings. The number of hydrogen-bond donors (Lipinski definition) is 1. The molecule has 1 heterocycles. The van der Waals surface area contributed by atoms with Gasteiger partial charge in [0.25, 0.3) is 5.91 Å². The topological polar surface area (TPSA) is 64.6 Å². The number of benzene rings is 2. The highest BCUT2D eigenvalue weighted by Gasteiger charge is 2.22. The second-order valence-corrected chi connectivity index (χ2v) is 7.20. The van der Waals surface area contributed by atoms with Crippen molar-refractivity contribution >= 4 is 28.2 Å². The maximum absolute atomic E-state index is 13.0. The summed E-state index contributed by atoms with van der Waals surface area (Å²) in [6.45, 7) is 3.53. The zero-order valence-corrected chi connectivity index (χ0v) is 16.8. The number of esters is 1. The van der Waals surface area contributed by atoms with Gasteiger partial charge in [-0.1, -0.05) is 30.3 Å². The first-order valence-corrected chi connectivity index (χ1v) is 9.89. The van der Waals surface area contributed by atoms with Crippen molar-refractivity contribution in [3.05, 3.63) is 72.0 Å². The van der Waals surface area contributed by atoms with E-state index in [9.17, 15) is 14.0 Å². The molecular weight excluding hydrogens is 393 g/mol. The van der Waals surface area contributed by atoms with Crippen molar-refractivity contribution in [2.24, 2.45) is 0 Å². The van der Waals surface area contributed by atoms with Gasteiger partial charge in [0.1, 0.15) is 16.6 Å². The molecule has 0 saturated heterocycles. The molecule has 0 unspecified atom stereocenters. The van der Waals surface area contributed by atoms with E-state index in [0.29, 0.717) is 10.8 Å². The maximum Gasteiger partial charge on any atom is 0.341 e. The number of thiophene rings is 1. The Labute approximate surface area is 172 Å².